The lowest BCUT2D eigenvalue weighted by molar-refractivity contribution is -0.235. The quantitative estimate of drug-likeness (QED) is 0.334. The summed E-state index contributed by atoms with van der Waals surface area (Å²) in [4.78, 5) is 15.4. The van der Waals surface area contributed by atoms with E-state index < -0.39 is 39.1 Å². The van der Waals surface area contributed by atoms with Crippen molar-refractivity contribution >= 4 is 38.4 Å². The Labute approximate surface area is 177 Å². The van der Waals surface area contributed by atoms with E-state index in [2.05, 4.69) is 4.84 Å². The molecular weight excluding hydrogens is 529 g/mol. The number of carbonyl (C=O) groups is 1. The minimum atomic E-state index is -5.20. The van der Waals surface area contributed by atoms with Crippen LogP contribution in [0.4, 0.5) is 17.6 Å². The van der Waals surface area contributed by atoms with Crippen LogP contribution in [0.2, 0.25) is 0 Å². The van der Waals surface area contributed by atoms with Gasteiger partial charge in [-0.3, -0.25) is 0 Å². The molecule has 11 heteroatoms. The van der Waals surface area contributed by atoms with Gasteiger partial charge in [0.05, 0.1) is 11.4 Å². The van der Waals surface area contributed by atoms with Crippen LogP contribution in [-0.4, -0.2) is 38.7 Å². The highest BCUT2D eigenvalue weighted by atomic mass is 127. The highest BCUT2D eigenvalue weighted by Gasteiger charge is 2.53. The van der Waals surface area contributed by atoms with Crippen molar-refractivity contribution in [2.75, 3.05) is 13.1 Å². The van der Waals surface area contributed by atoms with Crippen LogP contribution in [0.3, 0.4) is 0 Å². The van der Waals surface area contributed by atoms with E-state index in [4.69, 9.17) is 0 Å². The van der Waals surface area contributed by atoms with Gasteiger partial charge in [-0.15, -0.1) is 5.06 Å². The minimum Gasteiger partial charge on any atom is -0.361 e. The summed E-state index contributed by atoms with van der Waals surface area (Å²) in [6.45, 7) is -0.705. The lowest BCUT2D eigenvalue weighted by Crippen LogP contribution is -2.41. The van der Waals surface area contributed by atoms with E-state index in [1.54, 1.807) is 24.3 Å². The number of benzene rings is 2. The molecule has 1 heterocycles. The van der Waals surface area contributed by atoms with E-state index >= 15 is 0 Å². The molecule has 0 N–H and O–H groups in total. The molecule has 0 radical (unpaired) electrons. The van der Waals surface area contributed by atoms with E-state index in [-0.39, 0.29) is 17.9 Å². The number of carbonyl (C=O) groups excluding carboxylic acids is 1. The van der Waals surface area contributed by atoms with Crippen molar-refractivity contribution in [3.05, 3.63) is 63.5 Å². The summed E-state index contributed by atoms with van der Waals surface area (Å²) in [5.74, 6) is -3.05. The molecule has 0 spiro atoms. The zero-order chi connectivity index (χ0) is 21.4. The first-order chi connectivity index (χ1) is 13.5. The summed E-state index contributed by atoms with van der Waals surface area (Å²) >= 11 is 2.03. The van der Waals surface area contributed by atoms with E-state index in [9.17, 15) is 30.8 Å². The number of alkyl halides is 3. The van der Waals surface area contributed by atoms with Crippen molar-refractivity contribution in [3.63, 3.8) is 0 Å². The van der Waals surface area contributed by atoms with Gasteiger partial charge in [-0.2, -0.15) is 13.2 Å². The maximum absolute atomic E-state index is 13.5. The molecule has 5 nitrogen and oxygen atoms in total. The first kappa shape index (κ1) is 22.0. The summed E-state index contributed by atoms with van der Waals surface area (Å²) in [6.07, 6.45) is -5.32. The van der Waals surface area contributed by atoms with Crippen LogP contribution >= 0.6 is 22.6 Å². The second-order valence-electron chi connectivity index (χ2n) is 6.45. The third-order valence-corrected chi connectivity index (χ3v) is 7.86. The summed E-state index contributed by atoms with van der Waals surface area (Å²) < 4.78 is 77.0. The van der Waals surface area contributed by atoms with Crippen molar-refractivity contribution in [1.82, 2.24) is 5.06 Å². The highest BCUT2D eigenvalue weighted by molar-refractivity contribution is 14.1. The molecule has 0 saturated carbocycles. The molecule has 2 aromatic carbocycles. The van der Waals surface area contributed by atoms with Crippen LogP contribution in [0.1, 0.15) is 12.0 Å². The Hall–Kier alpha value is -1.73. The molecule has 0 unspecified atom stereocenters. The van der Waals surface area contributed by atoms with Crippen LogP contribution < -0.4 is 0 Å². The standard InChI is InChI=1S/C18H14F4INO4S/c19-13-3-7-15(8-4-13)29(26,27)17(12-1-5-14(23)6-2-12)9-10-24(11-17)28-16(25)18(20,21)22/h1-8H,9-11H2/t17-/m0/s1. The number of hydrogen-bond donors (Lipinski definition) is 0. The smallest absolute Gasteiger partial charge is 0.361 e. The van der Waals surface area contributed by atoms with Crippen molar-refractivity contribution < 1.29 is 35.6 Å². The minimum absolute atomic E-state index is 0.113. The Kier molecular flexibility index (Phi) is 5.94. The molecule has 1 aliphatic heterocycles. The fraction of sp³-hybridized carbons (Fsp3) is 0.278. The van der Waals surface area contributed by atoms with Gasteiger partial charge in [0, 0.05) is 10.1 Å². The fourth-order valence-corrected chi connectivity index (χ4v) is 5.62. The fourth-order valence-electron chi connectivity index (χ4n) is 3.20. The van der Waals surface area contributed by atoms with Gasteiger partial charge in [-0.25, -0.2) is 17.6 Å². The number of sulfone groups is 1. The Bertz CT molecular complexity index is 1010. The zero-order valence-corrected chi connectivity index (χ0v) is 17.6. The molecule has 0 aromatic heterocycles. The second kappa shape index (κ2) is 7.84. The molecule has 0 amide bonds. The molecule has 1 saturated heterocycles. The topological polar surface area (TPSA) is 63.7 Å². The molecule has 1 atom stereocenters. The van der Waals surface area contributed by atoms with Crippen molar-refractivity contribution in [2.24, 2.45) is 0 Å². The number of halogens is 5. The first-order valence-corrected chi connectivity index (χ1v) is 10.8. The van der Waals surface area contributed by atoms with Crippen molar-refractivity contribution in [1.29, 1.82) is 0 Å². The van der Waals surface area contributed by atoms with E-state index in [1.807, 2.05) is 22.6 Å². The van der Waals surface area contributed by atoms with Crippen molar-refractivity contribution in [2.45, 2.75) is 22.2 Å². The van der Waals surface area contributed by atoms with Crippen molar-refractivity contribution in [3.8, 4) is 0 Å². The van der Waals surface area contributed by atoms with Gasteiger partial charge in [0.25, 0.3) is 0 Å². The molecule has 29 heavy (non-hydrogen) atoms. The van der Waals surface area contributed by atoms with Gasteiger partial charge in [-0.05, 0) is 71.0 Å². The maximum atomic E-state index is 13.5. The molecule has 0 aliphatic carbocycles. The summed E-state index contributed by atoms with van der Waals surface area (Å²) in [6, 6.07) is 10.7. The Morgan fingerprint density at radius 1 is 1.07 bits per heavy atom. The van der Waals surface area contributed by atoms with E-state index in [0.29, 0.717) is 10.6 Å². The van der Waals surface area contributed by atoms with Gasteiger partial charge in [0.2, 0.25) is 0 Å². The third kappa shape index (κ3) is 4.26. The van der Waals surface area contributed by atoms with Gasteiger partial charge in [0.1, 0.15) is 10.6 Å². The number of hydroxylamine groups is 2. The average Bonchev–Trinajstić information content (AvgIpc) is 3.07. The summed E-state index contributed by atoms with van der Waals surface area (Å²) in [5, 5.41) is 0.703. The molecular formula is C18H14F4INO4S. The Morgan fingerprint density at radius 2 is 1.66 bits per heavy atom. The molecule has 2 aromatic rings. The van der Waals surface area contributed by atoms with Crippen LogP contribution in [0.15, 0.2) is 53.4 Å². The summed E-state index contributed by atoms with van der Waals surface area (Å²) in [5.41, 5.74) is 0.341. The second-order valence-corrected chi connectivity index (χ2v) is 9.95. The lowest BCUT2D eigenvalue weighted by Gasteiger charge is -2.29. The number of hydrogen-bond acceptors (Lipinski definition) is 5. The molecule has 0 bridgehead atoms. The predicted octanol–water partition coefficient (Wildman–Crippen LogP) is 3.83. The normalized spacial score (nSPS) is 20.6. The number of rotatable bonds is 4. The van der Waals surface area contributed by atoms with Gasteiger partial charge >= 0.3 is 12.1 Å². The molecule has 1 fully saturated rings. The highest BCUT2D eigenvalue weighted by Crippen LogP contribution is 2.43. The number of nitrogens with zero attached hydrogens (tertiary/aromatic N) is 1. The largest absolute Gasteiger partial charge is 0.492 e. The van der Waals surface area contributed by atoms with Crippen LogP contribution in [0.5, 0.6) is 0 Å². The predicted molar refractivity (Wildman–Crippen MR) is 103 cm³/mol. The van der Waals surface area contributed by atoms with Crippen LogP contribution in [0.25, 0.3) is 0 Å². The Balaban J connectivity index is 2.04. The molecule has 3 rings (SSSR count). The maximum Gasteiger partial charge on any atom is 0.492 e. The average molecular weight is 543 g/mol. The summed E-state index contributed by atoms with van der Waals surface area (Å²) in [7, 11) is -4.17. The molecule has 1 aliphatic rings. The van der Waals surface area contributed by atoms with Crippen LogP contribution in [0, 0.1) is 9.39 Å². The van der Waals surface area contributed by atoms with E-state index in [1.165, 1.54) is 0 Å². The Morgan fingerprint density at radius 3 is 2.21 bits per heavy atom. The first-order valence-electron chi connectivity index (χ1n) is 8.26. The van der Waals surface area contributed by atoms with Crippen LogP contribution in [-0.2, 0) is 24.2 Å². The molecule has 156 valence electrons. The van der Waals surface area contributed by atoms with Gasteiger partial charge < -0.3 is 4.84 Å². The van der Waals surface area contributed by atoms with Gasteiger partial charge in [-0.1, -0.05) is 12.1 Å². The monoisotopic (exact) mass is 543 g/mol. The van der Waals surface area contributed by atoms with E-state index in [0.717, 1.165) is 27.8 Å². The van der Waals surface area contributed by atoms with Gasteiger partial charge in [0.15, 0.2) is 9.84 Å². The third-order valence-electron chi connectivity index (χ3n) is 4.65. The lowest BCUT2D eigenvalue weighted by atomic mass is 9.97. The SMILES string of the molecule is O=C(ON1CC[C@](c2ccc(I)cc2)(S(=O)(=O)c2ccc(F)cc2)C1)C(F)(F)F. The zero-order valence-electron chi connectivity index (χ0n) is 14.6.